The maximum atomic E-state index is 6.57. The van der Waals surface area contributed by atoms with Crippen molar-refractivity contribution in [3.63, 3.8) is 0 Å². The average Bonchev–Trinajstić information content (AvgIpc) is 3.20. The summed E-state index contributed by atoms with van der Waals surface area (Å²) in [4.78, 5) is 2.51. The SMILES string of the molecule is COc1ccc([C@H]2c3cc4c(cc3O[C@@H](N3CCCCC3)[C@@H]2C)OCO4)cc1. The number of rotatable bonds is 3. The van der Waals surface area contributed by atoms with Crippen LogP contribution in [0, 0.1) is 5.92 Å². The van der Waals surface area contributed by atoms with E-state index in [1.165, 1.54) is 30.4 Å². The van der Waals surface area contributed by atoms with Gasteiger partial charge in [0.2, 0.25) is 6.79 Å². The van der Waals surface area contributed by atoms with Gasteiger partial charge in [0, 0.05) is 36.6 Å². The van der Waals surface area contributed by atoms with Crippen molar-refractivity contribution >= 4 is 0 Å². The van der Waals surface area contributed by atoms with Crippen molar-refractivity contribution in [2.75, 3.05) is 27.0 Å². The number of piperidine rings is 1. The van der Waals surface area contributed by atoms with Crippen molar-refractivity contribution in [1.82, 2.24) is 4.90 Å². The van der Waals surface area contributed by atoms with Gasteiger partial charge in [-0.1, -0.05) is 25.5 Å². The van der Waals surface area contributed by atoms with Gasteiger partial charge in [-0.2, -0.15) is 0 Å². The molecule has 5 heteroatoms. The lowest BCUT2D eigenvalue weighted by Crippen LogP contribution is -2.50. The van der Waals surface area contributed by atoms with Crippen LogP contribution < -0.4 is 18.9 Å². The van der Waals surface area contributed by atoms with E-state index in [0.717, 1.165) is 36.1 Å². The summed E-state index contributed by atoms with van der Waals surface area (Å²) in [5.74, 6) is 3.93. The Morgan fingerprint density at radius 1 is 0.929 bits per heavy atom. The molecular formula is C23H27NO4. The molecule has 28 heavy (non-hydrogen) atoms. The van der Waals surface area contributed by atoms with Gasteiger partial charge in [0.05, 0.1) is 7.11 Å². The Hall–Kier alpha value is -2.40. The van der Waals surface area contributed by atoms with Crippen LogP contribution >= 0.6 is 0 Å². The molecule has 0 N–H and O–H groups in total. The second kappa shape index (κ2) is 7.21. The molecule has 0 amide bonds. The van der Waals surface area contributed by atoms with Crippen LogP contribution in [-0.4, -0.2) is 38.1 Å². The van der Waals surface area contributed by atoms with Crippen molar-refractivity contribution in [3.8, 4) is 23.0 Å². The molecule has 1 saturated heterocycles. The highest BCUT2D eigenvalue weighted by Gasteiger charge is 2.41. The summed E-state index contributed by atoms with van der Waals surface area (Å²) in [7, 11) is 1.70. The average molecular weight is 381 g/mol. The zero-order chi connectivity index (χ0) is 19.1. The molecular weight excluding hydrogens is 354 g/mol. The summed E-state index contributed by atoms with van der Waals surface area (Å²) < 4.78 is 23.2. The summed E-state index contributed by atoms with van der Waals surface area (Å²) >= 11 is 0. The molecule has 3 heterocycles. The van der Waals surface area contributed by atoms with Gasteiger partial charge in [0.15, 0.2) is 17.7 Å². The predicted octanol–water partition coefficient (Wildman–Crippen LogP) is 4.40. The van der Waals surface area contributed by atoms with Crippen molar-refractivity contribution in [2.45, 2.75) is 38.3 Å². The molecule has 0 saturated carbocycles. The van der Waals surface area contributed by atoms with E-state index in [1.807, 2.05) is 18.2 Å². The molecule has 0 aliphatic carbocycles. The van der Waals surface area contributed by atoms with Gasteiger partial charge < -0.3 is 18.9 Å². The van der Waals surface area contributed by atoms with Crippen LogP contribution in [-0.2, 0) is 0 Å². The highest BCUT2D eigenvalue weighted by Crippen LogP contribution is 2.50. The van der Waals surface area contributed by atoms with Crippen molar-refractivity contribution in [3.05, 3.63) is 47.5 Å². The van der Waals surface area contributed by atoms with E-state index in [0.29, 0.717) is 5.92 Å². The molecule has 148 valence electrons. The molecule has 5 rings (SSSR count). The second-order valence-electron chi connectivity index (χ2n) is 7.96. The highest BCUT2D eigenvalue weighted by atomic mass is 16.7. The molecule has 2 aromatic rings. The van der Waals surface area contributed by atoms with Crippen molar-refractivity contribution in [1.29, 1.82) is 0 Å². The first-order valence-electron chi connectivity index (χ1n) is 10.2. The topological polar surface area (TPSA) is 40.2 Å². The van der Waals surface area contributed by atoms with Crippen LogP contribution in [0.3, 0.4) is 0 Å². The van der Waals surface area contributed by atoms with E-state index in [-0.39, 0.29) is 18.9 Å². The Labute approximate surface area is 166 Å². The van der Waals surface area contributed by atoms with Crippen molar-refractivity contribution < 1.29 is 18.9 Å². The van der Waals surface area contributed by atoms with Crippen molar-refractivity contribution in [2.24, 2.45) is 5.92 Å². The number of nitrogens with zero attached hydrogens (tertiary/aromatic N) is 1. The minimum absolute atomic E-state index is 0.0697. The normalized spacial score (nSPS) is 26.4. The van der Waals surface area contributed by atoms with Gasteiger partial charge >= 0.3 is 0 Å². The van der Waals surface area contributed by atoms with Crippen LogP contribution in [0.5, 0.6) is 23.0 Å². The highest BCUT2D eigenvalue weighted by molar-refractivity contribution is 5.56. The first kappa shape index (κ1) is 17.7. The van der Waals surface area contributed by atoms with Crippen LogP contribution in [0.4, 0.5) is 0 Å². The fraction of sp³-hybridized carbons (Fsp3) is 0.478. The van der Waals surface area contributed by atoms with E-state index >= 15 is 0 Å². The first-order valence-corrected chi connectivity index (χ1v) is 10.2. The largest absolute Gasteiger partial charge is 0.497 e. The zero-order valence-corrected chi connectivity index (χ0v) is 16.5. The van der Waals surface area contributed by atoms with E-state index in [9.17, 15) is 0 Å². The lowest BCUT2D eigenvalue weighted by atomic mass is 9.78. The van der Waals surface area contributed by atoms with Gasteiger partial charge in [0.25, 0.3) is 0 Å². The third kappa shape index (κ3) is 2.98. The molecule has 0 bridgehead atoms. The number of hydrogen-bond acceptors (Lipinski definition) is 5. The molecule has 3 aliphatic heterocycles. The minimum atomic E-state index is 0.0697. The molecule has 1 fully saturated rings. The predicted molar refractivity (Wildman–Crippen MR) is 106 cm³/mol. The first-order chi connectivity index (χ1) is 13.7. The van der Waals surface area contributed by atoms with Crippen LogP contribution in [0.15, 0.2) is 36.4 Å². The Morgan fingerprint density at radius 3 is 2.36 bits per heavy atom. The summed E-state index contributed by atoms with van der Waals surface area (Å²) in [6.07, 6.45) is 3.87. The molecule has 0 radical (unpaired) electrons. The molecule has 3 atom stereocenters. The second-order valence-corrected chi connectivity index (χ2v) is 7.96. The van der Waals surface area contributed by atoms with Crippen LogP contribution in [0.1, 0.15) is 43.2 Å². The Bertz CT molecular complexity index is 844. The third-order valence-electron chi connectivity index (χ3n) is 6.29. The van der Waals surface area contributed by atoms with Gasteiger partial charge in [-0.3, -0.25) is 4.90 Å². The number of methoxy groups -OCH3 is 1. The molecule has 2 aromatic carbocycles. The summed E-state index contributed by atoms with van der Waals surface area (Å²) in [5, 5.41) is 0. The number of fused-ring (bicyclic) bond motifs is 2. The smallest absolute Gasteiger partial charge is 0.231 e. The lowest BCUT2D eigenvalue weighted by molar-refractivity contribution is -0.0403. The third-order valence-corrected chi connectivity index (χ3v) is 6.29. The van der Waals surface area contributed by atoms with E-state index < -0.39 is 0 Å². The van der Waals surface area contributed by atoms with E-state index in [2.05, 4.69) is 30.0 Å². The number of ether oxygens (including phenoxy) is 4. The fourth-order valence-corrected chi connectivity index (χ4v) is 4.84. The van der Waals surface area contributed by atoms with Gasteiger partial charge in [-0.25, -0.2) is 0 Å². The molecule has 0 unspecified atom stereocenters. The molecule has 0 aromatic heterocycles. The molecule has 3 aliphatic rings. The summed E-state index contributed by atoms with van der Waals surface area (Å²) in [6.45, 7) is 4.78. The quantitative estimate of drug-likeness (QED) is 0.788. The summed E-state index contributed by atoms with van der Waals surface area (Å²) in [6, 6.07) is 12.5. The van der Waals surface area contributed by atoms with Crippen LogP contribution in [0.2, 0.25) is 0 Å². The van der Waals surface area contributed by atoms with Gasteiger partial charge in [-0.05, 0) is 36.6 Å². The maximum Gasteiger partial charge on any atom is 0.231 e. The van der Waals surface area contributed by atoms with Gasteiger partial charge in [0.1, 0.15) is 11.5 Å². The van der Waals surface area contributed by atoms with Gasteiger partial charge in [-0.15, -0.1) is 0 Å². The fourth-order valence-electron chi connectivity index (χ4n) is 4.84. The Kier molecular flexibility index (Phi) is 4.55. The lowest BCUT2D eigenvalue weighted by Gasteiger charge is -2.44. The number of likely N-dealkylation sites (tertiary alicyclic amines) is 1. The number of benzene rings is 2. The zero-order valence-electron chi connectivity index (χ0n) is 16.5. The Balaban J connectivity index is 1.58. The number of hydrogen-bond donors (Lipinski definition) is 0. The summed E-state index contributed by atoms with van der Waals surface area (Å²) in [5.41, 5.74) is 2.45. The maximum absolute atomic E-state index is 6.57. The monoisotopic (exact) mass is 381 g/mol. The van der Waals surface area contributed by atoms with E-state index in [1.54, 1.807) is 7.11 Å². The standard InChI is InChI=1S/C23H27NO4/c1-15-22(16-6-8-17(25-2)9-7-16)18-12-20-21(27-14-26-20)13-19(18)28-23(15)24-10-4-3-5-11-24/h6-9,12-13,15,22-23H,3-5,10-11,14H2,1-2H3/t15-,22+,23-/m1/s1. The molecule has 5 nitrogen and oxygen atoms in total. The molecule has 0 spiro atoms. The Morgan fingerprint density at radius 2 is 1.64 bits per heavy atom. The van der Waals surface area contributed by atoms with E-state index in [4.69, 9.17) is 18.9 Å². The minimum Gasteiger partial charge on any atom is -0.497 e. The van der Waals surface area contributed by atoms with Crippen LogP contribution in [0.25, 0.3) is 0 Å².